The van der Waals surface area contributed by atoms with E-state index in [0.717, 1.165) is 22.0 Å². The van der Waals surface area contributed by atoms with E-state index in [2.05, 4.69) is 26.2 Å². The van der Waals surface area contributed by atoms with Gasteiger partial charge in [-0.15, -0.1) is 0 Å². The van der Waals surface area contributed by atoms with Crippen molar-refractivity contribution in [1.29, 1.82) is 0 Å². The zero-order valence-corrected chi connectivity index (χ0v) is 17.7. The van der Waals surface area contributed by atoms with E-state index in [0.29, 0.717) is 28.1 Å². The maximum Gasteiger partial charge on any atom is 0.307 e. The molecule has 0 atom stereocenters. The third-order valence-corrected chi connectivity index (χ3v) is 4.74. The van der Waals surface area contributed by atoms with Gasteiger partial charge in [0, 0.05) is 28.3 Å². The van der Waals surface area contributed by atoms with Gasteiger partial charge in [-0.05, 0) is 48.0 Å². The number of hydrogen-bond donors (Lipinski definition) is 2. The Morgan fingerprint density at radius 3 is 2.57 bits per heavy atom. The van der Waals surface area contributed by atoms with Gasteiger partial charge in [0.25, 0.3) is 0 Å². The molecule has 1 aromatic heterocycles. The molecular formula is C23H19BrN2O4. The minimum Gasteiger partial charge on any atom is -0.481 e. The quantitative estimate of drug-likeness (QED) is 0.381. The number of halogens is 1. The summed E-state index contributed by atoms with van der Waals surface area (Å²) in [5.74, 6) is -0.339. The van der Waals surface area contributed by atoms with Crippen LogP contribution in [0.3, 0.4) is 0 Å². The lowest BCUT2D eigenvalue weighted by atomic mass is 10.1. The minimum absolute atomic E-state index is 0.0205. The maximum absolute atomic E-state index is 10.8. The second-order valence-corrected chi connectivity index (χ2v) is 7.31. The Hall–Kier alpha value is -3.45. The summed E-state index contributed by atoms with van der Waals surface area (Å²) in [7, 11) is 1.85. The number of rotatable bonds is 5. The van der Waals surface area contributed by atoms with Gasteiger partial charge in [-0.2, -0.15) is 0 Å². The molecule has 0 saturated heterocycles. The molecule has 0 aliphatic carbocycles. The first-order valence-electron chi connectivity index (χ1n) is 9.08. The van der Waals surface area contributed by atoms with Crippen LogP contribution in [-0.2, 0) is 11.2 Å². The Balaban J connectivity index is 0.000000239. The molecule has 0 aliphatic heterocycles. The molecule has 7 heteroatoms. The van der Waals surface area contributed by atoms with Crippen molar-refractivity contribution in [1.82, 2.24) is 4.98 Å². The van der Waals surface area contributed by atoms with Crippen LogP contribution < -0.4 is 5.32 Å². The molecule has 6 nitrogen and oxygen atoms in total. The Bertz CT molecular complexity index is 1170. The molecule has 3 aromatic carbocycles. The van der Waals surface area contributed by atoms with Crippen molar-refractivity contribution in [3.8, 4) is 11.5 Å². The molecule has 1 heterocycles. The van der Waals surface area contributed by atoms with Gasteiger partial charge < -0.3 is 14.8 Å². The van der Waals surface area contributed by atoms with Crippen LogP contribution in [-0.4, -0.2) is 29.4 Å². The highest BCUT2D eigenvalue weighted by Gasteiger charge is 2.10. The van der Waals surface area contributed by atoms with E-state index in [4.69, 9.17) is 9.52 Å². The van der Waals surface area contributed by atoms with Crippen LogP contribution in [0.2, 0.25) is 0 Å². The number of carbonyl (C=O) groups excluding carboxylic acids is 1. The van der Waals surface area contributed by atoms with E-state index < -0.39 is 5.97 Å². The van der Waals surface area contributed by atoms with Crippen molar-refractivity contribution < 1.29 is 19.1 Å². The summed E-state index contributed by atoms with van der Waals surface area (Å²) in [5.41, 5.74) is 4.57. The van der Waals surface area contributed by atoms with Gasteiger partial charge in [0.2, 0.25) is 5.89 Å². The lowest BCUT2D eigenvalue weighted by Crippen LogP contribution is -1.99. The molecule has 152 valence electrons. The summed E-state index contributed by atoms with van der Waals surface area (Å²) in [4.78, 5) is 25.3. The number of aromatic nitrogens is 1. The van der Waals surface area contributed by atoms with Gasteiger partial charge in [-0.1, -0.05) is 40.2 Å². The highest BCUT2D eigenvalue weighted by atomic mass is 79.9. The fraction of sp³-hybridized carbons (Fsp3) is 0.0870. The number of hydrogen-bond acceptors (Lipinski definition) is 5. The summed E-state index contributed by atoms with van der Waals surface area (Å²) in [6, 6.07) is 20.2. The maximum atomic E-state index is 10.8. The van der Waals surface area contributed by atoms with Gasteiger partial charge in [-0.25, -0.2) is 4.98 Å². The molecule has 0 unspecified atom stereocenters. The van der Waals surface area contributed by atoms with Crippen molar-refractivity contribution in [3.63, 3.8) is 0 Å². The van der Waals surface area contributed by atoms with E-state index in [1.807, 2.05) is 43.4 Å². The van der Waals surface area contributed by atoms with Crippen LogP contribution in [0.25, 0.3) is 22.6 Å². The summed E-state index contributed by atoms with van der Waals surface area (Å²) < 4.78 is 6.72. The number of aliphatic carboxylic acids is 1. The zero-order valence-electron chi connectivity index (χ0n) is 16.1. The van der Waals surface area contributed by atoms with Crippen molar-refractivity contribution in [2.75, 3.05) is 12.4 Å². The van der Waals surface area contributed by atoms with Gasteiger partial charge in [0.05, 0.1) is 6.42 Å². The molecule has 0 fully saturated rings. The molecule has 4 rings (SSSR count). The monoisotopic (exact) mass is 466 g/mol. The van der Waals surface area contributed by atoms with Crippen molar-refractivity contribution >= 4 is 45.0 Å². The van der Waals surface area contributed by atoms with Crippen LogP contribution >= 0.6 is 15.9 Å². The van der Waals surface area contributed by atoms with E-state index in [9.17, 15) is 9.59 Å². The summed E-state index contributed by atoms with van der Waals surface area (Å²) in [5, 5.41) is 11.9. The second-order valence-electron chi connectivity index (χ2n) is 6.39. The number of fused-ring (bicyclic) bond motifs is 1. The van der Waals surface area contributed by atoms with E-state index in [1.54, 1.807) is 30.3 Å². The number of aldehydes is 1. The SMILES string of the molecule is CNc1cccc(-c2nc3cc(CC(=O)O)ccc3o2)c1.O=Cc1ccc(Br)cc1. The molecule has 0 saturated carbocycles. The van der Waals surface area contributed by atoms with Crippen LogP contribution in [0.1, 0.15) is 15.9 Å². The first kappa shape index (κ1) is 21.3. The first-order chi connectivity index (χ1) is 14.5. The molecule has 0 bridgehead atoms. The predicted molar refractivity (Wildman–Crippen MR) is 120 cm³/mol. The van der Waals surface area contributed by atoms with E-state index in [1.165, 1.54) is 0 Å². The van der Waals surface area contributed by atoms with Gasteiger partial charge in [0.15, 0.2) is 5.58 Å². The lowest BCUT2D eigenvalue weighted by Gasteiger charge is -2.00. The molecule has 0 aliphatic rings. The topological polar surface area (TPSA) is 92.4 Å². The smallest absolute Gasteiger partial charge is 0.307 e. The highest BCUT2D eigenvalue weighted by molar-refractivity contribution is 9.10. The summed E-state index contributed by atoms with van der Waals surface area (Å²) in [6.45, 7) is 0. The Morgan fingerprint density at radius 1 is 1.13 bits per heavy atom. The number of oxazole rings is 1. The molecule has 30 heavy (non-hydrogen) atoms. The van der Waals surface area contributed by atoms with Gasteiger partial charge in [0.1, 0.15) is 11.8 Å². The van der Waals surface area contributed by atoms with Crippen LogP contribution in [0.15, 0.2) is 75.6 Å². The van der Waals surface area contributed by atoms with Crippen LogP contribution in [0.5, 0.6) is 0 Å². The number of benzene rings is 3. The van der Waals surface area contributed by atoms with Gasteiger partial charge >= 0.3 is 5.97 Å². The van der Waals surface area contributed by atoms with Crippen molar-refractivity contribution in [2.45, 2.75) is 6.42 Å². The fourth-order valence-electron chi connectivity index (χ4n) is 2.73. The fourth-order valence-corrected chi connectivity index (χ4v) is 2.99. The Labute approximate surface area is 181 Å². The van der Waals surface area contributed by atoms with E-state index >= 15 is 0 Å². The first-order valence-corrected chi connectivity index (χ1v) is 9.88. The lowest BCUT2D eigenvalue weighted by molar-refractivity contribution is -0.136. The predicted octanol–water partition coefficient (Wildman–Crippen LogP) is 5.43. The third kappa shape index (κ3) is 5.55. The number of carboxylic acid groups (broad SMARTS) is 1. The number of carboxylic acids is 1. The second kappa shape index (κ2) is 9.84. The molecular weight excluding hydrogens is 448 g/mol. The standard InChI is InChI=1S/C16H14N2O3.C7H5BrO/c1-17-12-4-2-3-11(9-12)16-18-13-7-10(8-15(19)20)5-6-14(13)21-16;8-7-3-1-6(5-9)2-4-7/h2-7,9,17H,8H2,1H3,(H,19,20);1-5H. The number of anilines is 1. The average Bonchev–Trinajstić information content (AvgIpc) is 3.18. The van der Waals surface area contributed by atoms with Gasteiger partial charge in [-0.3, -0.25) is 9.59 Å². The largest absolute Gasteiger partial charge is 0.481 e. The molecule has 0 amide bonds. The van der Waals surface area contributed by atoms with Crippen LogP contribution in [0.4, 0.5) is 5.69 Å². The van der Waals surface area contributed by atoms with Crippen molar-refractivity contribution in [3.05, 3.63) is 82.3 Å². The van der Waals surface area contributed by atoms with Crippen LogP contribution in [0, 0.1) is 0 Å². The minimum atomic E-state index is -0.861. The van der Waals surface area contributed by atoms with Crippen molar-refractivity contribution in [2.24, 2.45) is 0 Å². The third-order valence-electron chi connectivity index (χ3n) is 4.21. The number of nitrogens with zero attached hydrogens (tertiary/aromatic N) is 1. The Kier molecular flexibility index (Phi) is 6.98. The number of carbonyl (C=O) groups is 2. The summed E-state index contributed by atoms with van der Waals surface area (Å²) >= 11 is 3.26. The molecule has 0 spiro atoms. The normalized spacial score (nSPS) is 10.2. The zero-order chi connectivity index (χ0) is 21.5. The molecule has 4 aromatic rings. The summed E-state index contributed by atoms with van der Waals surface area (Å²) in [6.07, 6.45) is 0.805. The highest BCUT2D eigenvalue weighted by Crippen LogP contribution is 2.26. The molecule has 2 N–H and O–H groups in total. The number of nitrogens with one attached hydrogen (secondary N) is 1. The average molecular weight is 467 g/mol. The van der Waals surface area contributed by atoms with E-state index in [-0.39, 0.29) is 6.42 Å². The Morgan fingerprint density at radius 2 is 1.90 bits per heavy atom. The molecule has 0 radical (unpaired) electrons.